The number of carbonyl (C=O) groups excluding carboxylic acids is 1. The predicted octanol–water partition coefficient (Wildman–Crippen LogP) is 4.44. The van der Waals surface area contributed by atoms with Gasteiger partial charge in [0, 0.05) is 24.5 Å². The first-order valence-electron chi connectivity index (χ1n) is 11.0. The van der Waals surface area contributed by atoms with Crippen molar-refractivity contribution in [3.8, 4) is 11.3 Å². The molecule has 2 aromatic rings. The molecule has 4 saturated carbocycles. The number of nitrogens with one attached hydrogen (secondary N) is 1. The van der Waals surface area contributed by atoms with E-state index in [0.29, 0.717) is 28.1 Å². The number of aromatic nitrogens is 2. The van der Waals surface area contributed by atoms with E-state index >= 15 is 0 Å². The molecule has 5 unspecified atom stereocenters. The van der Waals surface area contributed by atoms with Crippen LogP contribution in [0, 0.1) is 28.6 Å². The average molecular weight is 438 g/mol. The summed E-state index contributed by atoms with van der Waals surface area (Å²) in [6.07, 6.45) is 10.7. The molecule has 31 heavy (non-hydrogen) atoms. The van der Waals surface area contributed by atoms with Gasteiger partial charge in [-0.05, 0) is 79.2 Å². The number of fused-ring (bicyclic) bond motifs is 2. The lowest BCUT2D eigenvalue weighted by Crippen LogP contribution is -2.43. The first-order valence-corrected chi connectivity index (χ1v) is 11.4. The minimum Gasteiger partial charge on any atom is -0.476 e. The van der Waals surface area contributed by atoms with Crippen LogP contribution in [-0.4, -0.2) is 33.5 Å². The summed E-state index contributed by atoms with van der Waals surface area (Å²) in [5.41, 5.74) is 1.75. The Bertz CT molecular complexity index is 1120. The molecule has 0 saturated heterocycles. The van der Waals surface area contributed by atoms with E-state index in [1.54, 1.807) is 18.2 Å². The van der Waals surface area contributed by atoms with Gasteiger partial charge in [0.15, 0.2) is 5.69 Å². The monoisotopic (exact) mass is 437 g/mol. The van der Waals surface area contributed by atoms with Gasteiger partial charge in [0.25, 0.3) is 5.91 Å². The number of benzene rings is 1. The molecule has 1 aromatic heterocycles. The fourth-order valence-electron chi connectivity index (χ4n) is 7.66. The fraction of sp³-hybridized carbons (Fsp3) is 0.500. The maximum absolute atomic E-state index is 13.1. The lowest BCUT2D eigenvalue weighted by molar-refractivity contribution is -0.00253. The maximum Gasteiger partial charge on any atom is 0.356 e. The van der Waals surface area contributed by atoms with Crippen molar-refractivity contribution in [3.63, 3.8) is 0 Å². The molecule has 1 amide bonds. The first kappa shape index (κ1) is 19.2. The second-order valence-corrected chi connectivity index (χ2v) is 10.6. The fourth-order valence-corrected chi connectivity index (χ4v) is 7.86. The lowest BCUT2D eigenvalue weighted by atomic mass is 9.55. The number of rotatable bonds is 5. The summed E-state index contributed by atoms with van der Waals surface area (Å²) in [7, 11) is 0. The van der Waals surface area contributed by atoms with E-state index < -0.39 is 5.97 Å². The number of carboxylic acid groups (broad SMARTS) is 1. The van der Waals surface area contributed by atoms with E-state index in [9.17, 15) is 14.7 Å². The highest BCUT2D eigenvalue weighted by Gasteiger charge is 2.70. The van der Waals surface area contributed by atoms with Crippen molar-refractivity contribution in [2.24, 2.45) is 28.6 Å². The SMILES string of the molecule is O=C(NCC12CC3CC4CC(C1)C4(C3)C2)c1cc(-c2nccnc2C(=O)O)ccc1Cl. The zero-order chi connectivity index (χ0) is 21.4. The largest absolute Gasteiger partial charge is 0.476 e. The Labute approximate surface area is 185 Å². The maximum atomic E-state index is 13.1. The highest BCUT2D eigenvalue weighted by molar-refractivity contribution is 6.34. The van der Waals surface area contributed by atoms with Crippen LogP contribution >= 0.6 is 11.6 Å². The summed E-state index contributed by atoms with van der Waals surface area (Å²) >= 11 is 6.35. The molecule has 1 spiro atoms. The van der Waals surface area contributed by atoms with Crippen LogP contribution in [0.2, 0.25) is 5.02 Å². The molecular weight excluding hydrogens is 414 g/mol. The van der Waals surface area contributed by atoms with E-state index in [2.05, 4.69) is 15.3 Å². The Morgan fingerprint density at radius 2 is 1.97 bits per heavy atom. The van der Waals surface area contributed by atoms with Crippen LogP contribution in [0.5, 0.6) is 0 Å². The molecular formula is C24H24ClN3O3. The summed E-state index contributed by atoms with van der Waals surface area (Å²) < 4.78 is 0. The van der Waals surface area contributed by atoms with Crippen molar-refractivity contribution < 1.29 is 14.7 Å². The highest BCUT2D eigenvalue weighted by Crippen LogP contribution is 2.78. The van der Waals surface area contributed by atoms with Gasteiger partial charge in [0.1, 0.15) is 5.69 Å². The van der Waals surface area contributed by atoms with Gasteiger partial charge in [0.05, 0.1) is 10.6 Å². The van der Waals surface area contributed by atoms with Gasteiger partial charge in [-0.3, -0.25) is 9.78 Å². The average Bonchev–Trinajstić information content (AvgIpc) is 3.07. The van der Waals surface area contributed by atoms with Crippen LogP contribution in [0.4, 0.5) is 0 Å². The van der Waals surface area contributed by atoms with Gasteiger partial charge >= 0.3 is 5.97 Å². The third kappa shape index (κ3) is 2.77. The summed E-state index contributed by atoms with van der Waals surface area (Å²) in [5, 5.41) is 12.9. The molecule has 6 rings (SSSR count). The smallest absolute Gasteiger partial charge is 0.356 e. The Morgan fingerprint density at radius 1 is 1.13 bits per heavy atom. The zero-order valence-electron chi connectivity index (χ0n) is 17.1. The van der Waals surface area contributed by atoms with E-state index in [0.717, 1.165) is 17.8 Å². The number of amides is 1. The Balaban J connectivity index is 1.24. The van der Waals surface area contributed by atoms with Crippen LogP contribution in [0.25, 0.3) is 11.3 Å². The molecule has 160 valence electrons. The van der Waals surface area contributed by atoms with Crippen molar-refractivity contribution in [1.29, 1.82) is 0 Å². The lowest BCUT2D eigenvalue weighted by Gasteiger charge is -2.49. The summed E-state index contributed by atoms with van der Waals surface area (Å²) in [4.78, 5) is 32.7. The molecule has 4 aliphatic carbocycles. The number of nitrogens with zero attached hydrogens (tertiary/aromatic N) is 2. The van der Waals surface area contributed by atoms with Gasteiger partial charge < -0.3 is 10.4 Å². The highest BCUT2D eigenvalue weighted by atomic mass is 35.5. The van der Waals surface area contributed by atoms with Crippen molar-refractivity contribution in [1.82, 2.24) is 15.3 Å². The van der Waals surface area contributed by atoms with E-state index in [1.807, 2.05) is 0 Å². The van der Waals surface area contributed by atoms with Gasteiger partial charge in [-0.25, -0.2) is 9.78 Å². The number of carbonyl (C=O) groups is 2. The molecule has 0 radical (unpaired) electrons. The minimum atomic E-state index is -1.16. The minimum absolute atomic E-state index is 0.150. The Hall–Kier alpha value is -2.47. The van der Waals surface area contributed by atoms with E-state index in [-0.39, 0.29) is 22.7 Å². The molecule has 6 nitrogen and oxygen atoms in total. The van der Waals surface area contributed by atoms with E-state index in [1.165, 1.54) is 50.9 Å². The first-order chi connectivity index (χ1) is 14.9. The molecule has 3 bridgehead atoms. The van der Waals surface area contributed by atoms with Crippen LogP contribution < -0.4 is 5.32 Å². The predicted molar refractivity (Wildman–Crippen MR) is 115 cm³/mol. The van der Waals surface area contributed by atoms with Crippen LogP contribution in [0.3, 0.4) is 0 Å². The summed E-state index contributed by atoms with van der Waals surface area (Å²) in [6.45, 7) is 0.694. The normalized spacial score (nSPS) is 34.3. The van der Waals surface area contributed by atoms with Gasteiger partial charge in [0.2, 0.25) is 0 Å². The quantitative estimate of drug-likeness (QED) is 0.721. The molecule has 7 heteroatoms. The van der Waals surface area contributed by atoms with Gasteiger partial charge in [-0.1, -0.05) is 17.7 Å². The number of halogens is 1. The van der Waals surface area contributed by atoms with Gasteiger partial charge in [-0.2, -0.15) is 0 Å². The third-order valence-corrected chi connectivity index (χ3v) is 8.93. The topological polar surface area (TPSA) is 92.2 Å². The van der Waals surface area contributed by atoms with Crippen molar-refractivity contribution in [2.45, 2.75) is 38.5 Å². The summed E-state index contributed by atoms with van der Waals surface area (Å²) in [5.74, 6) is 1.25. The zero-order valence-corrected chi connectivity index (χ0v) is 17.9. The molecule has 2 N–H and O–H groups in total. The molecule has 4 aliphatic rings. The Morgan fingerprint density at radius 3 is 2.81 bits per heavy atom. The molecule has 1 aromatic carbocycles. The van der Waals surface area contributed by atoms with E-state index in [4.69, 9.17) is 11.6 Å². The molecule has 1 heterocycles. The van der Waals surface area contributed by atoms with Crippen LogP contribution in [0.1, 0.15) is 59.4 Å². The van der Waals surface area contributed by atoms with Crippen LogP contribution in [0.15, 0.2) is 30.6 Å². The van der Waals surface area contributed by atoms with Crippen molar-refractivity contribution in [3.05, 3.63) is 46.9 Å². The summed E-state index contributed by atoms with van der Waals surface area (Å²) in [6, 6.07) is 4.90. The number of aromatic carboxylic acids is 1. The second-order valence-electron chi connectivity index (χ2n) is 10.2. The molecule has 5 atom stereocenters. The van der Waals surface area contributed by atoms with Crippen molar-refractivity contribution in [2.75, 3.05) is 6.54 Å². The molecule has 4 fully saturated rings. The standard InChI is InChI=1S/C24H24ClN3O3/c25-18-2-1-14(19-20(22(30)31)27-4-3-26-19)6-17(18)21(29)28-12-23-8-13-5-15-7-16(10-23)24(15,9-13)11-23/h1-4,6,13,15-16H,5,7-12H2,(H,28,29)(H,30,31). The number of hydrogen-bond donors (Lipinski definition) is 2. The van der Waals surface area contributed by atoms with Gasteiger partial charge in [-0.15, -0.1) is 0 Å². The number of carboxylic acids is 1. The Kier molecular flexibility index (Phi) is 4.04. The number of hydrogen-bond acceptors (Lipinski definition) is 4. The van der Waals surface area contributed by atoms with Crippen molar-refractivity contribution >= 4 is 23.5 Å². The molecule has 0 aliphatic heterocycles. The van der Waals surface area contributed by atoms with Crippen LogP contribution in [-0.2, 0) is 0 Å². The second kappa shape index (κ2) is 6.52. The third-order valence-electron chi connectivity index (χ3n) is 8.60.